The lowest BCUT2D eigenvalue weighted by Crippen LogP contribution is -2.25. The van der Waals surface area contributed by atoms with Gasteiger partial charge in [-0.05, 0) is 24.3 Å². The molecule has 0 spiro atoms. The Kier molecular flexibility index (Phi) is 5.58. The molecule has 7 heteroatoms. The van der Waals surface area contributed by atoms with Crippen LogP contribution in [0.4, 0.5) is 0 Å². The van der Waals surface area contributed by atoms with Crippen molar-refractivity contribution >= 4 is 17.7 Å². The number of nitrogens with one attached hydrogen (secondary N) is 1. The lowest BCUT2D eigenvalue weighted by molar-refractivity contribution is -0.118. The zero-order chi connectivity index (χ0) is 17.5. The van der Waals surface area contributed by atoms with Crippen LogP contribution in [0.15, 0.2) is 72.7 Å². The molecule has 0 aliphatic carbocycles. The third-order valence-corrected chi connectivity index (χ3v) is 4.27. The van der Waals surface area contributed by atoms with Crippen molar-refractivity contribution < 1.29 is 4.79 Å². The predicted molar refractivity (Wildman–Crippen MR) is 98.5 cm³/mol. The van der Waals surface area contributed by atoms with Crippen molar-refractivity contribution in [3.05, 3.63) is 67.5 Å². The van der Waals surface area contributed by atoms with Gasteiger partial charge >= 0.3 is 0 Å². The highest BCUT2D eigenvalue weighted by molar-refractivity contribution is 7.99. The first-order chi connectivity index (χ1) is 12.3. The molecule has 6 nitrogen and oxygen atoms in total. The van der Waals surface area contributed by atoms with Crippen molar-refractivity contribution in [2.24, 2.45) is 0 Å². The first kappa shape index (κ1) is 16.9. The maximum atomic E-state index is 11.9. The van der Waals surface area contributed by atoms with E-state index < -0.39 is 0 Å². The van der Waals surface area contributed by atoms with Gasteiger partial charge in [-0.25, -0.2) is 0 Å². The quantitative estimate of drug-likeness (QED) is 0.523. The van der Waals surface area contributed by atoms with Gasteiger partial charge in [-0.2, -0.15) is 0 Å². The van der Waals surface area contributed by atoms with E-state index in [1.54, 1.807) is 18.5 Å². The molecule has 2 aromatic heterocycles. The number of hydrogen-bond acceptors (Lipinski definition) is 5. The molecule has 0 radical (unpaired) electrons. The highest BCUT2D eigenvalue weighted by Crippen LogP contribution is 2.27. The van der Waals surface area contributed by atoms with E-state index in [0.29, 0.717) is 17.5 Å². The van der Waals surface area contributed by atoms with Gasteiger partial charge in [0.1, 0.15) is 0 Å². The molecule has 0 unspecified atom stereocenters. The Balaban J connectivity index is 1.92. The monoisotopic (exact) mass is 351 g/mol. The van der Waals surface area contributed by atoms with Crippen LogP contribution in [-0.4, -0.2) is 38.0 Å². The molecule has 2 heterocycles. The van der Waals surface area contributed by atoms with E-state index in [0.717, 1.165) is 11.3 Å². The number of rotatable bonds is 7. The minimum absolute atomic E-state index is 0.0737. The number of aromatic nitrogens is 4. The Hall–Kier alpha value is -2.93. The molecule has 0 bridgehead atoms. The third kappa shape index (κ3) is 4.13. The lowest BCUT2D eigenvalue weighted by Gasteiger charge is -2.10. The van der Waals surface area contributed by atoms with Gasteiger partial charge in [-0.1, -0.05) is 36.0 Å². The SMILES string of the molecule is C=CCNC(=O)CSc1nnc(-c2cccnc2)n1-c1ccccc1. The van der Waals surface area contributed by atoms with Gasteiger partial charge in [0, 0.05) is 30.2 Å². The molecule has 126 valence electrons. The zero-order valence-corrected chi connectivity index (χ0v) is 14.3. The zero-order valence-electron chi connectivity index (χ0n) is 13.5. The highest BCUT2D eigenvalue weighted by atomic mass is 32.2. The van der Waals surface area contributed by atoms with Crippen LogP contribution < -0.4 is 5.32 Å². The van der Waals surface area contributed by atoms with Gasteiger partial charge in [0.25, 0.3) is 0 Å². The number of nitrogens with zero attached hydrogens (tertiary/aromatic N) is 4. The molecule has 1 N–H and O–H groups in total. The Labute approximate surface area is 150 Å². The van der Waals surface area contributed by atoms with Gasteiger partial charge in [-0.3, -0.25) is 14.3 Å². The normalized spacial score (nSPS) is 10.4. The highest BCUT2D eigenvalue weighted by Gasteiger charge is 2.17. The van der Waals surface area contributed by atoms with Crippen molar-refractivity contribution in [3.8, 4) is 17.1 Å². The number of pyridine rings is 1. The molecular formula is C18H17N5OS. The van der Waals surface area contributed by atoms with Crippen LogP contribution in [0.5, 0.6) is 0 Å². The average molecular weight is 351 g/mol. The van der Waals surface area contributed by atoms with E-state index in [1.165, 1.54) is 11.8 Å². The summed E-state index contributed by atoms with van der Waals surface area (Å²) in [5.41, 5.74) is 1.79. The minimum atomic E-state index is -0.0737. The maximum Gasteiger partial charge on any atom is 0.230 e. The van der Waals surface area contributed by atoms with Crippen molar-refractivity contribution in [1.82, 2.24) is 25.1 Å². The summed E-state index contributed by atoms with van der Waals surface area (Å²) in [6.07, 6.45) is 5.11. The third-order valence-electron chi connectivity index (χ3n) is 3.34. The summed E-state index contributed by atoms with van der Waals surface area (Å²) in [7, 11) is 0. The van der Waals surface area contributed by atoms with E-state index in [-0.39, 0.29) is 11.7 Å². The van der Waals surface area contributed by atoms with E-state index in [9.17, 15) is 4.79 Å². The standard InChI is InChI=1S/C18H17N5OS/c1-2-10-20-16(24)13-25-18-22-21-17(14-7-6-11-19-12-14)23(18)15-8-4-3-5-9-15/h2-9,11-12H,1,10,13H2,(H,20,24). The van der Waals surface area contributed by atoms with Gasteiger partial charge in [0.05, 0.1) is 5.75 Å². The summed E-state index contributed by atoms with van der Waals surface area (Å²) < 4.78 is 1.93. The second-order valence-corrected chi connectivity index (χ2v) is 6.04. The largest absolute Gasteiger partial charge is 0.352 e. The molecule has 0 atom stereocenters. The summed E-state index contributed by atoms with van der Waals surface area (Å²) in [6.45, 7) is 4.04. The Bertz CT molecular complexity index is 848. The van der Waals surface area contributed by atoms with E-state index in [1.807, 2.05) is 47.0 Å². The van der Waals surface area contributed by atoms with Crippen LogP contribution in [0.2, 0.25) is 0 Å². The molecular weight excluding hydrogens is 334 g/mol. The van der Waals surface area contributed by atoms with Crippen LogP contribution in [-0.2, 0) is 4.79 Å². The van der Waals surface area contributed by atoms with Gasteiger partial charge in [-0.15, -0.1) is 16.8 Å². The van der Waals surface area contributed by atoms with E-state index >= 15 is 0 Å². The molecule has 25 heavy (non-hydrogen) atoms. The Morgan fingerprint density at radius 1 is 1.20 bits per heavy atom. The van der Waals surface area contributed by atoms with Gasteiger partial charge in [0.15, 0.2) is 11.0 Å². The van der Waals surface area contributed by atoms with Gasteiger partial charge in [0.2, 0.25) is 5.91 Å². The molecule has 0 saturated carbocycles. The number of carbonyl (C=O) groups excluding carboxylic acids is 1. The maximum absolute atomic E-state index is 11.9. The van der Waals surface area contributed by atoms with Crippen molar-refractivity contribution in [2.75, 3.05) is 12.3 Å². The van der Waals surface area contributed by atoms with Crippen LogP contribution in [0.1, 0.15) is 0 Å². The summed E-state index contributed by atoms with van der Waals surface area (Å²) in [6, 6.07) is 13.6. The van der Waals surface area contributed by atoms with Crippen LogP contribution in [0.25, 0.3) is 17.1 Å². The molecule has 3 aromatic rings. The van der Waals surface area contributed by atoms with Crippen molar-refractivity contribution in [2.45, 2.75) is 5.16 Å². The number of benzene rings is 1. The topological polar surface area (TPSA) is 72.7 Å². The second-order valence-electron chi connectivity index (χ2n) is 5.10. The smallest absolute Gasteiger partial charge is 0.230 e. The van der Waals surface area contributed by atoms with E-state index in [4.69, 9.17) is 0 Å². The van der Waals surface area contributed by atoms with Crippen LogP contribution in [0, 0.1) is 0 Å². The van der Waals surface area contributed by atoms with Crippen molar-refractivity contribution in [3.63, 3.8) is 0 Å². The summed E-state index contributed by atoms with van der Waals surface area (Å²) in [5.74, 6) is 0.870. The number of amides is 1. The van der Waals surface area contributed by atoms with Gasteiger partial charge < -0.3 is 5.32 Å². The second kappa shape index (κ2) is 8.25. The summed E-state index contributed by atoms with van der Waals surface area (Å²) in [5, 5.41) is 12.0. The minimum Gasteiger partial charge on any atom is -0.352 e. The summed E-state index contributed by atoms with van der Waals surface area (Å²) >= 11 is 1.34. The molecule has 0 saturated heterocycles. The first-order valence-corrected chi connectivity index (χ1v) is 8.70. The molecule has 1 amide bonds. The average Bonchev–Trinajstić information content (AvgIpc) is 3.10. The fourth-order valence-electron chi connectivity index (χ4n) is 2.22. The number of carbonyl (C=O) groups is 1. The molecule has 0 aliphatic rings. The molecule has 3 rings (SSSR count). The number of thioether (sulfide) groups is 1. The number of para-hydroxylation sites is 1. The lowest BCUT2D eigenvalue weighted by atomic mass is 10.2. The first-order valence-electron chi connectivity index (χ1n) is 7.71. The van der Waals surface area contributed by atoms with Crippen LogP contribution >= 0.6 is 11.8 Å². The van der Waals surface area contributed by atoms with Crippen molar-refractivity contribution in [1.29, 1.82) is 0 Å². The fraction of sp³-hybridized carbons (Fsp3) is 0.111. The van der Waals surface area contributed by atoms with Crippen LogP contribution in [0.3, 0.4) is 0 Å². The molecule has 1 aromatic carbocycles. The Morgan fingerprint density at radius 3 is 2.76 bits per heavy atom. The number of hydrogen-bond donors (Lipinski definition) is 1. The predicted octanol–water partition coefficient (Wildman–Crippen LogP) is 2.72. The van der Waals surface area contributed by atoms with E-state index in [2.05, 4.69) is 27.1 Å². The molecule has 0 fully saturated rings. The fourth-order valence-corrected chi connectivity index (χ4v) is 3.00. The summed E-state index contributed by atoms with van der Waals surface area (Å²) in [4.78, 5) is 16.0. The molecule has 0 aliphatic heterocycles. The Morgan fingerprint density at radius 2 is 2.04 bits per heavy atom.